The minimum absolute atomic E-state index is 0.200. The molecule has 0 radical (unpaired) electrons. The molecular weight excluding hydrogens is 525 g/mol. The van der Waals surface area contributed by atoms with Gasteiger partial charge in [0.15, 0.2) is 10.5 Å². The van der Waals surface area contributed by atoms with E-state index < -0.39 is 11.7 Å². The van der Waals surface area contributed by atoms with Gasteiger partial charge in [0.25, 0.3) is 5.91 Å². The molecule has 1 amide bonds. The Morgan fingerprint density at radius 1 is 1.13 bits per heavy atom. The third-order valence-electron chi connectivity index (χ3n) is 6.38. The van der Waals surface area contributed by atoms with Gasteiger partial charge in [-0.25, -0.2) is 4.39 Å². The average Bonchev–Trinajstić information content (AvgIpc) is 3.45. The molecule has 1 aliphatic heterocycles. The van der Waals surface area contributed by atoms with Gasteiger partial charge < -0.3 is 18.9 Å². The summed E-state index contributed by atoms with van der Waals surface area (Å²) in [6.45, 7) is 4.65. The van der Waals surface area contributed by atoms with Crippen molar-refractivity contribution in [3.8, 4) is 11.3 Å². The number of pyridine rings is 1. The molecule has 1 fully saturated rings. The predicted octanol–water partition coefficient (Wildman–Crippen LogP) is 3.07. The number of carbonyl (C=O) groups excluding carboxylic acids is 3. The fourth-order valence-electron chi connectivity index (χ4n) is 4.43. The van der Waals surface area contributed by atoms with Crippen LogP contribution in [0.5, 0.6) is 0 Å². The Labute approximate surface area is 227 Å². The Bertz CT molecular complexity index is 1590. The van der Waals surface area contributed by atoms with Crippen molar-refractivity contribution in [3.05, 3.63) is 82.6 Å². The van der Waals surface area contributed by atoms with Crippen molar-refractivity contribution < 1.29 is 23.3 Å². The first-order chi connectivity index (χ1) is 18.9. The molecule has 0 atom stereocenters. The van der Waals surface area contributed by atoms with Crippen LogP contribution in [0.15, 0.2) is 70.3 Å². The van der Waals surface area contributed by atoms with Crippen molar-refractivity contribution in [2.24, 2.45) is 0 Å². The lowest BCUT2D eigenvalue weighted by Crippen LogP contribution is -2.52. The second kappa shape index (κ2) is 12.2. The van der Waals surface area contributed by atoms with E-state index >= 15 is 0 Å². The Morgan fingerprint density at radius 2 is 1.82 bits per heavy atom. The number of hydrogen-bond acceptors (Lipinski definition) is 8. The zero-order valence-electron chi connectivity index (χ0n) is 20.9. The first kappa shape index (κ1) is 27.4. The highest BCUT2D eigenvalue weighted by Crippen LogP contribution is 2.26. The lowest BCUT2D eigenvalue weighted by Gasteiger charge is -2.37. The molecule has 0 spiro atoms. The molecule has 0 unspecified atom stereocenters. The maximum absolute atomic E-state index is 15.0. The highest BCUT2D eigenvalue weighted by Gasteiger charge is 2.25. The van der Waals surface area contributed by atoms with Crippen LogP contribution >= 0.6 is 12.2 Å². The fraction of sp³-hybridized carbons (Fsp3) is 0.222. The molecule has 2 aromatic carbocycles. The maximum atomic E-state index is 15.0. The van der Waals surface area contributed by atoms with Gasteiger partial charge in [0.2, 0.25) is 0 Å². The number of piperazine rings is 1. The van der Waals surface area contributed by atoms with Crippen molar-refractivity contribution >= 4 is 46.0 Å². The molecule has 1 N–H and O–H groups in total. The van der Waals surface area contributed by atoms with E-state index in [2.05, 4.69) is 10.5 Å². The van der Waals surface area contributed by atoms with Gasteiger partial charge in [-0.3, -0.25) is 14.9 Å². The summed E-state index contributed by atoms with van der Waals surface area (Å²) in [4.78, 5) is 45.2. The van der Waals surface area contributed by atoms with E-state index in [4.69, 9.17) is 26.3 Å². The number of benzene rings is 2. The zero-order chi connectivity index (χ0) is 27.9. The molecule has 10 nitrogen and oxygen atoms in total. The van der Waals surface area contributed by atoms with Crippen LogP contribution in [0, 0.1) is 5.82 Å². The Morgan fingerprint density at radius 3 is 2.49 bits per heavy atom. The largest absolute Gasteiger partial charge is 0.373 e. The van der Waals surface area contributed by atoms with Crippen LogP contribution in [-0.4, -0.2) is 58.0 Å². The van der Waals surface area contributed by atoms with E-state index in [1.807, 2.05) is 51.6 Å². The normalized spacial score (nSPS) is 12.9. The molecular formula is C27H24FN5O5S. The number of thiocarbonyl (C=S) groups is 1. The number of fused-ring (bicyclic) bond motifs is 1. The topological polar surface area (TPSA) is 118 Å². The van der Waals surface area contributed by atoms with Crippen molar-refractivity contribution in [3.63, 3.8) is 0 Å². The summed E-state index contributed by atoms with van der Waals surface area (Å²) in [7, 11) is 0. The molecule has 1 aliphatic rings. The van der Waals surface area contributed by atoms with Gasteiger partial charge in [0.05, 0.1) is 11.2 Å². The van der Waals surface area contributed by atoms with Crippen molar-refractivity contribution in [2.45, 2.75) is 13.5 Å². The van der Waals surface area contributed by atoms with Crippen LogP contribution in [0.2, 0.25) is 0 Å². The lowest BCUT2D eigenvalue weighted by atomic mass is 10.1. The summed E-state index contributed by atoms with van der Waals surface area (Å²) < 4.78 is 22.0. The van der Waals surface area contributed by atoms with Crippen LogP contribution in [0.4, 0.5) is 10.1 Å². The van der Waals surface area contributed by atoms with E-state index in [0.29, 0.717) is 65.7 Å². The van der Waals surface area contributed by atoms with Gasteiger partial charge in [-0.1, -0.05) is 35.5 Å². The minimum Gasteiger partial charge on any atom is -0.366 e. The minimum atomic E-state index is -0.432. The van der Waals surface area contributed by atoms with Gasteiger partial charge in [-0.2, -0.15) is 9.59 Å². The predicted molar refractivity (Wildman–Crippen MR) is 145 cm³/mol. The van der Waals surface area contributed by atoms with Crippen molar-refractivity contribution in [2.75, 3.05) is 31.1 Å². The quantitative estimate of drug-likeness (QED) is 0.383. The number of carbonyl (C=O) groups is 1. The van der Waals surface area contributed by atoms with E-state index in [-0.39, 0.29) is 11.6 Å². The van der Waals surface area contributed by atoms with Gasteiger partial charge in [-0.15, -0.1) is 0 Å². The standard InChI is InChI=1S/C26H24FN5O3S.CO2/c1-2-30-9-8-23(33)18-14-20(27)22(15-21(18)30)31-10-12-32(13-11-31)26(36)28-25(34)19-16-35-29-24(19)17-6-4-3-5-7-17;2-1-3/h3-9,14-16H,2,10-13H2,1H3,(H,28,34,36);. The summed E-state index contributed by atoms with van der Waals surface area (Å²) in [5.41, 5.74) is 2.45. The summed E-state index contributed by atoms with van der Waals surface area (Å²) in [6.07, 6.45) is 3.28. The van der Waals surface area contributed by atoms with E-state index in [9.17, 15) is 14.0 Å². The van der Waals surface area contributed by atoms with Crippen LogP contribution in [0.25, 0.3) is 22.2 Å². The number of nitrogens with one attached hydrogen (secondary N) is 1. The maximum Gasteiger partial charge on any atom is 0.373 e. The Kier molecular flexibility index (Phi) is 8.60. The first-order valence-electron chi connectivity index (χ1n) is 12.0. The molecule has 5 rings (SSSR count). The second-order valence-electron chi connectivity index (χ2n) is 8.55. The zero-order valence-corrected chi connectivity index (χ0v) is 21.7. The van der Waals surface area contributed by atoms with E-state index in [0.717, 1.165) is 5.56 Å². The Hall–Kier alpha value is -4.67. The van der Waals surface area contributed by atoms with Crippen LogP contribution < -0.4 is 15.6 Å². The fourth-order valence-corrected chi connectivity index (χ4v) is 4.70. The third kappa shape index (κ3) is 5.92. The number of nitrogens with zero attached hydrogens (tertiary/aromatic N) is 4. The smallest absolute Gasteiger partial charge is 0.366 e. The number of rotatable bonds is 4. The van der Waals surface area contributed by atoms with Gasteiger partial charge in [0.1, 0.15) is 23.3 Å². The third-order valence-corrected chi connectivity index (χ3v) is 6.74. The molecule has 1 saturated heterocycles. The first-order valence-corrected chi connectivity index (χ1v) is 12.5. The van der Waals surface area contributed by atoms with Crippen LogP contribution in [0.3, 0.4) is 0 Å². The van der Waals surface area contributed by atoms with E-state index in [1.165, 1.54) is 18.4 Å². The average molecular weight is 550 g/mol. The molecule has 39 heavy (non-hydrogen) atoms. The van der Waals surface area contributed by atoms with Crippen LogP contribution in [-0.2, 0) is 16.1 Å². The molecule has 0 bridgehead atoms. The van der Waals surface area contributed by atoms with Crippen molar-refractivity contribution in [1.29, 1.82) is 0 Å². The summed E-state index contributed by atoms with van der Waals surface area (Å²) >= 11 is 5.49. The lowest BCUT2D eigenvalue weighted by molar-refractivity contribution is -0.191. The second-order valence-corrected chi connectivity index (χ2v) is 8.93. The number of aromatic nitrogens is 2. The molecule has 2 aromatic heterocycles. The summed E-state index contributed by atoms with van der Waals surface area (Å²) in [5.74, 6) is -0.834. The van der Waals surface area contributed by atoms with Crippen molar-refractivity contribution in [1.82, 2.24) is 19.9 Å². The molecule has 0 aliphatic carbocycles. The molecule has 0 saturated carbocycles. The SMILES string of the molecule is CCn1ccc(=O)c2cc(F)c(N3CCN(C(=S)NC(=O)c4conc4-c4ccccc4)CC3)cc21.O=C=O. The Balaban J connectivity index is 0.00000112. The van der Waals surface area contributed by atoms with Gasteiger partial charge >= 0.3 is 6.15 Å². The monoisotopic (exact) mass is 549 g/mol. The number of halogens is 1. The summed E-state index contributed by atoms with van der Waals surface area (Å²) in [5, 5.41) is 7.38. The highest BCUT2D eigenvalue weighted by atomic mass is 32.1. The van der Waals surface area contributed by atoms with Gasteiger partial charge in [-0.05, 0) is 31.3 Å². The van der Waals surface area contributed by atoms with Gasteiger partial charge in [0, 0.05) is 55.9 Å². The molecule has 4 aromatic rings. The summed E-state index contributed by atoms with van der Waals surface area (Å²) in [6, 6.07) is 13.8. The number of amides is 1. The molecule has 3 heterocycles. The number of aryl methyl sites for hydroxylation is 1. The molecule has 200 valence electrons. The number of anilines is 1. The molecule has 12 heteroatoms. The number of hydrogen-bond donors (Lipinski definition) is 1. The highest BCUT2D eigenvalue weighted by molar-refractivity contribution is 7.80. The van der Waals surface area contributed by atoms with Crippen LogP contribution in [0.1, 0.15) is 17.3 Å². The van der Waals surface area contributed by atoms with E-state index in [1.54, 1.807) is 12.3 Å².